The molecule has 1 atom stereocenters. The Morgan fingerprint density at radius 3 is 3.06 bits per heavy atom. The van der Waals surface area contributed by atoms with Gasteiger partial charge in [-0.05, 0) is 24.6 Å². The molecule has 0 aliphatic carbocycles. The second kappa shape index (κ2) is 5.76. The average molecular weight is 270 g/mol. The molecule has 1 heterocycles. The number of halogens is 1. The Bertz CT molecular complexity index is 497. The molecular weight excluding hydrogens is 254 g/mol. The average Bonchev–Trinajstić information content (AvgIpc) is 2.73. The first-order chi connectivity index (χ1) is 8.26. The highest BCUT2D eigenvalue weighted by atomic mass is 35.5. The van der Waals surface area contributed by atoms with E-state index in [0.717, 1.165) is 28.2 Å². The lowest BCUT2D eigenvalue weighted by atomic mass is 10.3. The highest BCUT2D eigenvalue weighted by Crippen LogP contribution is 2.30. The van der Waals surface area contributed by atoms with E-state index in [1.54, 1.807) is 0 Å². The molecule has 3 nitrogen and oxygen atoms in total. The van der Waals surface area contributed by atoms with Gasteiger partial charge in [0.05, 0.1) is 22.7 Å². The van der Waals surface area contributed by atoms with Crippen LogP contribution in [0.3, 0.4) is 0 Å². The van der Waals surface area contributed by atoms with Crippen molar-refractivity contribution in [3.05, 3.63) is 29.5 Å². The fourth-order valence-corrected chi connectivity index (χ4v) is 2.97. The van der Waals surface area contributed by atoms with E-state index >= 15 is 0 Å². The zero-order valence-electron chi connectivity index (χ0n) is 9.77. The van der Waals surface area contributed by atoms with Crippen LogP contribution in [0.25, 0.3) is 11.0 Å². The van der Waals surface area contributed by atoms with Crippen molar-refractivity contribution in [3.8, 4) is 0 Å². The fourth-order valence-electron chi connectivity index (χ4n) is 1.83. The van der Waals surface area contributed by atoms with Crippen molar-refractivity contribution in [2.45, 2.75) is 18.7 Å². The summed E-state index contributed by atoms with van der Waals surface area (Å²) in [6.07, 6.45) is 2.94. The lowest BCUT2D eigenvalue weighted by Gasteiger charge is -2.16. The summed E-state index contributed by atoms with van der Waals surface area (Å²) in [5.74, 6) is 0.964. The molecule has 0 spiro atoms. The van der Waals surface area contributed by atoms with E-state index in [2.05, 4.69) is 16.5 Å². The zero-order chi connectivity index (χ0) is 12.3. The van der Waals surface area contributed by atoms with Crippen LogP contribution >= 0.6 is 23.4 Å². The molecule has 0 saturated carbocycles. The molecule has 0 bridgehead atoms. The van der Waals surface area contributed by atoms with Crippen molar-refractivity contribution < 1.29 is 0 Å². The van der Waals surface area contributed by atoms with Crippen LogP contribution in [-0.4, -0.2) is 21.8 Å². The van der Waals surface area contributed by atoms with Crippen LogP contribution in [0.2, 0.25) is 5.02 Å². The molecule has 2 aromatic rings. The molecule has 0 radical (unpaired) electrons. The minimum atomic E-state index is 0.393. The SMILES string of the molecule is CCC(SCCN)n1cnc2cc(Cl)ccc21. The van der Waals surface area contributed by atoms with Gasteiger partial charge in [0.25, 0.3) is 0 Å². The number of nitrogens with zero attached hydrogens (tertiary/aromatic N) is 2. The van der Waals surface area contributed by atoms with E-state index in [-0.39, 0.29) is 0 Å². The number of hydrogen-bond donors (Lipinski definition) is 1. The largest absolute Gasteiger partial charge is 0.330 e. The standard InChI is InChI=1S/C12H16ClN3S/c1-2-12(17-6-5-14)16-8-15-10-7-9(13)3-4-11(10)16/h3-4,7-8,12H,2,5-6,14H2,1H3. The normalized spacial score (nSPS) is 13.1. The van der Waals surface area contributed by atoms with Crippen LogP contribution < -0.4 is 5.73 Å². The predicted molar refractivity (Wildman–Crippen MR) is 75.6 cm³/mol. The lowest BCUT2D eigenvalue weighted by molar-refractivity contribution is 0.675. The minimum Gasteiger partial charge on any atom is -0.330 e. The summed E-state index contributed by atoms with van der Waals surface area (Å²) in [7, 11) is 0. The second-order valence-electron chi connectivity index (χ2n) is 3.81. The van der Waals surface area contributed by atoms with Gasteiger partial charge >= 0.3 is 0 Å². The predicted octanol–water partition coefficient (Wildman–Crippen LogP) is 3.29. The number of fused-ring (bicyclic) bond motifs is 1. The number of benzene rings is 1. The van der Waals surface area contributed by atoms with Gasteiger partial charge in [0, 0.05) is 17.3 Å². The number of aromatic nitrogens is 2. The molecule has 0 aliphatic heterocycles. The lowest BCUT2D eigenvalue weighted by Crippen LogP contribution is -2.08. The van der Waals surface area contributed by atoms with Gasteiger partial charge in [0.1, 0.15) is 0 Å². The molecule has 1 aromatic carbocycles. The molecule has 1 unspecified atom stereocenters. The van der Waals surface area contributed by atoms with E-state index in [1.807, 2.05) is 36.3 Å². The maximum Gasteiger partial charge on any atom is 0.0968 e. The van der Waals surface area contributed by atoms with E-state index in [1.165, 1.54) is 0 Å². The smallest absolute Gasteiger partial charge is 0.0968 e. The number of nitrogens with two attached hydrogens (primary N) is 1. The summed E-state index contributed by atoms with van der Waals surface area (Å²) in [5.41, 5.74) is 7.63. The van der Waals surface area contributed by atoms with Crippen LogP contribution in [0.15, 0.2) is 24.5 Å². The Hall–Kier alpha value is -0.710. The van der Waals surface area contributed by atoms with Crippen LogP contribution in [0.4, 0.5) is 0 Å². The van der Waals surface area contributed by atoms with Gasteiger partial charge in [-0.25, -0.2) is 4.98 Å². The number of imidazole rings is 1. The minimum absolute atomic E-state index is 0.393. The van der Waals surface area contributed by atoms with E-state index in [0.29, 0.717) is 11.9 Å². The molecule has 2 rings (SSSR count). The molecule has 0 aliphatic rings. The van der Waals surface area contributed by atoms with Crippen LogP contribution in [0.1, 0.15) is 18.7 Å². The quantitative estimate of drug-likeness (QED) is 0.906. The Morgan fingerprint density at radius 2 is 2.35 bits per heavy atom. The Morgan fingerprint density at radius 1 is 1.53 bits per heavy atom. The maximum absolute atomic E-state index is 5.95. The first-order valence-corrected chi connectivity index (χ1v) is 7.12. The maximum atomic E-state index is 5.95. The molecule has 0 fully saturated rings. The van der Waals surface area contributed by atoms with Crippen LogP contribution in [-0.2, 0) is 0 Å². The van der Waals surface area contributed by atoms with E-state index in [9.17, 15) is 0 Å². The number of rotatable bonds is 5. The van der Waals surface area contributed by atoms with Gasteiger partial charge in [-0.15, -0.1) is 11.8 Å². The fraction of sp³-hybridized carbons (Fsp3) is 0.417. The Kier molecular flexibility index (Phi) is 4.31. The molecule has 1 aromatic heterocycles. The third kappa shape index (κ3) is 2.76. The van der Waals surface area contributed by atoms with Crippen molar-refractivity contribution in [2.24, 2.45) is 5.73 Å². The highest BCUT2D eigenvalue weighted by molar-refractivity contribution is 7.99. The first-order valence-electron chi connectivity index (χ1n) is 5.70. The summed E-state index contributed by atoms with van der Waals surface area (Å²) in [6, 6.07) is 5.83. The number of hydrogen-bond acceptors (Lipinski definition) is 3. The van der Waals surface area contributed by atoms with Gasteiger partial charge in [-0.3, -0.25) is 0 Å². The number of thioether (sulfide) groups is 1. The van der Waals surface area contributed by atoms with Gasteiger partial charge in [-0.1, -0.05) is 18.5 Å². The molecular formula is C12H16ClN3S. The Labute approximate surface area is 110 Å². The second-order valence-corrected chi connectivity index (χ2v) is 5.53. The van der Waals surface area contributed by atoms with Gasteiger partial charge < -0.3 is 10.3 Å². The molecule has 5 heteroatoms. The molecule has 92 valence electrons. The molecule has 2 N–H and O–H groups in total. The van der Waals surface area contributed by atoms with Crippen LogP contribution in [0, 0.1) is 0 Å². The topological polar surface area (TPSA) is 43.8 Å². The molecule has 17 heavy (non-hydrogen) atoms. The Balaban J connectivity index is 2.33. The first kappa shape index (κ1) is 12.7. The summed E-state index contributed by atoms with van der Waals surface area (Å²) >= 11 is 7.82. The van der Waals surface area contributed by atoms with Crippen LogP contribution in [0.5, 0.6) is 0 Å². The summed E-state index contributed by atoms with van der Waals surface area (Å²) < 4.78 is 2.20. The van der Waals surface area contributed by atoms with Gasteiger partial charge in [0.2, 0.25) is 0 Å². The van der Waals surface area contributed by atoms with Crippen molar-refractivity contribution >= 4 is 34.4 Å². The molecule has 0 saturated heterocycles. The highest BCUT2D eigenvalue weighted by Gasteiger charge is 2.12. The van der Waals surface area contributed by atoms with Crippen molar-refractivity contribution in [1.29, 1.82) is 0 Å². The monoisotopic (exact) mass is 269 g/mol. The van der Waals surface area contributed by atoms with Crippen molar-refractivity contribution in [2.75, 3.05) is 12.3 Å². The third-order valence-electron chi connectivity index (χ3n) is 2.62. The van der Waals surface area contributed by atoms with Crippen molar-refractivity contribution in [3.63, 3.8) is 0 Å². The summed E-state index contributed by atoms with van der Waals surface area (Å²) in [5, 5.41) is 1.12. The third-order valence-corrected chi connectivity index (χ3v) is 4.28. The zero-order valence-corrected chi connectivity index (χ0v) is 11.3. The summed E-state index contributed by atoms with van der Waals surface area (Å²) in [4.78, 5) is 4.39. The van der Waals surface area contributed by atoms with Gasteiger partial charge in [0.15, 0.2) is 0 Å². The van der Waals surface area contributed by atoms with Crippen molar-refractivity contribution in [1.82, 2.24) is 9.55 Å². The van der Waals surface area contributed by atoms with Gasteiger partial charge in [-0.2, -0.15) is 0 Å². The van der Waals surface area contributed by atoms with E-state index in [4.69, 9.17) is 17.3 Å². The molecule has 0 amide bonds. The summed E-state index contributed by atoms with van der Waals surface area (Å²) in [6.45, 7) is 2.88. The van der Waals surface area contributed by atoms with E-state index < -0.39 is 0 Å².